The van der Waals surface area contributed by atoms with Crippen LogP contribution in [-0.2, 0) is 29.4 Å². The van der Waals surface area contributed by atoms with E-state index < -0.39 is 46.7 Å². The van der Waals surface area contributed by atoms with Crippen molar-refractivity contribution < 1.29 is 37.4 Å². The van der Waals surface area contributed by atoms with Gasteiger partial charge in [0.05, 0.1) is 6.61 Å². The van der Waals surface area contributed by atoms with Crippen molar-refractivity contribution in [3.63, 3.8) is 0 Å². The number of carbonyl (C=O) groups excluding carboxylic acids is 3. The first kappa shape index (κ1) is 18.4. The fourth-order valence-corrected chi connectivity index (χ4v) is 2.25. The van der Waals surface area contributed by atoms with Crippen LogP contribution in [0.1, 0.15) is 26.3 Å². The van der Waals surface area contributed by atoms with Crippen LogP contribution in [0.5, 0.6) is 0 Å². The highest BCUT2D eigenvalue weighted by molar-refractivity contribution is 6.04. The van der Waals surface area contributed by atoms with Crippen LogP contribution < -0.4 is 5.32 Å². The molecule has 7 nitrogen and oxygen atoms in total. The summed E-state index contributed by atoms with van der Waals surface area (Å²) in [4.78, 5) is 35.4. The minimum atomic E-state index is -1.96. The number of Topliss-reactive ketones (excluding diaryl/α,β-unsaturated/α-hetero) is 1. The predicted octanol–water partition coefficient (Wildman–Crippen LogP) is 2.26. The van der Waals surface area contributed by atoms with Crippen molar-refractivity contribution in [1.29, 1.82) is 0 Å². The van der Waals surface area contributed by atoms with Gasteiger partial charge >= 0.3 is 12.1 Å². The van der Waals surface area contributed by atoms with E-state index in [9.17, 15) is 23.2 Å². The number of benzene rings is 1. The van der Waals surface area contributed by atoms with Gasteiger partial charge in [0.15, 0.2) is 0 Å². The monoisotopic (exact) mass is 355 g/mol. The van der Waals surface area contributed by atoms with Crippen LogP contribution in [0.25, 0.3) is 0 Å². The van der Waals surface area contributed by atoms with E-state index in [1.807, 2.05) is 0 Å². The zero-order valence-corrected chi connectivity index (χ0v) is 13.6. The Hall–Kier alpha value is -2.97. The molecule has 0 spiro atoms. The number of halogens is 2. The number of ketones is 1. The molecule has 0 aromatic heterocycles. The molecule has 1 aromatic carbocycles. The molecular weight excluding hydrogens is 340 g/mol. The number of ether oxygens (including phenoxy) is 3. The van der Waals surface area contributed by atoms with Gasteiger partial charge in [0.1, 0.15) is 11.6 Å². The number of rotatable bonds is 4. The van der Waals surface area contributed by atoms with Crippen LogP contribution in [0.4, 0.5) is 13.6 Å². The maximum atomic E-state index is 14.1. The van der Waals surface area contributed by atoms with Crippen LogP contribution in [0.2, 0.25) is 0 Å². The highest BCUT2D eigenvalue weighted by atomic mass is 19.1. The molecule has 0 radical (unpaired) electrons. The van der Waals surface area contributed by atoms with Gasteiger partial charge in [-0.15, -0.1) is 0 Å². The first-order valence-electron chi connectivity index (χ1n) is 7.24. The highest BCUT2D eigenvalue weighted by Crippen LogP contribution is 2.39. The lowest BCUT2D eigenvalue weighted by Gasteiger charge is -2.24. The topological polar surface area (TPSA) is 90.9 Å². The molecule has 25 heavy (non-hydrogen) atoms. The van der Waals surface area contributed by atoms with Crippen molar-refractivity contribution >= 4 is 17.8 Å². The summed E-state index contributed by atoms with van der Waals surface area (Å²) >= 11 is 0. The SMILES string of the molecule is CCOC(=O)NC1=C(OC(C)=O)C(=O)C(C)(c2ccc(F)cc2F)O1. The van der Waals surface area contributed by atoms with Gasteiger partial charge in [-0.1, -0.05) is 0 Å². The molecule has 0 fully saturated rings. The van der Waals surface area contributed by atoms with E-state index in [-0.39, 0.29) is 12.2 Å². The Bertz CT molecular complexity index is 776. The molecule has 0 bridgehead atoms. The molecule has 1 unspecified atom stereocenters. The van der Waals surface area contributed by atoms with Crippen molar-refractivity contribution in [2.75, 3.05) is 6.61 Å². The zero-order chi connectivity index (χ0) is 18.8. The smallest absolute Gasteiger partial charge is 0.414 e. The quantitative estimate of drug-likeness (QED) is 0.833. The lowest BCUT2D eigenvalue weighted by molar-refractivity contribution is -0.142. The fourth-order valence-electron chi connectivity index (χ4n) is 2.25. The van der Waals surface area contributed by atoms with Gasteiger partial charge in [0.25, 0.3) is 5.78 Å². The third kappa shape index (κ3) is 3.59. The molecule has 0 saturated heterocycles. The van der Waals surface area contributed by atoms with E-state index in [1.165, 1.54) is 6.92 Å². The average molecular weight is 355 g/mol. The van der Waals surface area contributed by atoms with Crippen molar-refractivity contribution in [3.05, 3.63) is 47.0 Å². The van der Waals surface area contributed by atoms with E-state index in [0.717, 1.165) is 19.1 Å². The second kappa shape index (κ2) is 6.88. The molecule has 1 N–H and O–H groups in total. The lowest BCUT2D eigenvalue weighted by Crippen LogP contribution is -2.33. The molecule has 9 heteroatoms. The highest BCUT2D eigenvalue weighted by Gasteiger charge is 2.51. The molecule has 1 amide bonds. The van der Waals surface area contributed by atoms with Crippen molar-refractivity contribution in [2.45, 2.75) is 26.4 Å². The van der Waals surface area contributed by atoms with Crippen LogP contribution >= 0.6 is 0 Å². The van der Waals surface area contributed by atoms with Gasteiger partial charge in [0.2, 0.25) is 17.2 Å². The van der Waals surface area contributed by atoms with E-state index in [1.54, 1.807) is 6.92 Å². The number of nitrogens with one attached hydrogen (secondary N) is 1. The van der Waals surface area contributed by atoms with Gasteiger partial charge in [-0.2, -0.15) is 0 Å². The molecule has 1 heterocycles. The molecule has 134 valence electrons. The number of hydrogen-bond donors (Lipinski definition) is 1. The first-order chi connectivity index (χ1) is 11.7. The summed E-state index contributed by atoms with van der Waals surface area (Å²) in [5, 5.41) is 2.12. The normalized spacial score (nSPS) is 19.5. The Labute approximate surface area is 141 Å². The summed E-state index contributed by atoms with van der Waals surface area (Å²) in [6.07, 6.45) is -0.959. The second-order valence-corrected chi connectivity index (χ2v) is 5.19. The zero-order valence-electron chi connectivity index (χ0n) is 13.6. The van der Waals surface area contributed by atoms with E-state index in [4.69, 9.17) is 9.47 Å². The molecule has 0 aliphatic carbocycles. The fraction of sp³-hybridized carbons (Fsp3) is 0.312. The van der Waals surface area contributed by atoms with Crippen molar-refractivity contribution in [3.8, 4) is 0 Å². The van der Waals surface area contributed by atoms with Crippen LogP contribution in [0.15, 0.2) is 29.8 Å². The molecule has 1 aliphatic heterocycles. The standard InChI is InChI=1S/C16H15F2NO6/c1-4-23-15(22)19-14-12(24-8(2)20)13(21)16(3,25-14)10-6-5-9(17)7-11(10)18/h5-7H,4H2,1-3H3,(H,19,22). The van der Waals surface area contributed by atoms with Crippen molar-refractivity contribution in [2.24, 2.45) is 0 Å². The summed E-state index contributed by atoms with van der Waals surface area (Å²) in [5.41, 5.74) is -2.25. The van der Waals surface area contributed by atoms with Crippen LogP contribution in [-0.4, -0.2) is 24.5 Å². The molecule has 1 atom stereocenters. The third-order valence-electron chi connectivity index (χ3n) is 3.33. The Morgan fingerprint density at radius 2 is 2.00 bits per heavy atom. The van der Waals surface area contributed by atoms with Crippen molar-refractivity contribution in [1.82, 2.24) is 5.32 Å². The molecule has 1 aliphatic rings. The Morgan fingerprint density at radius 1 is 1.32 bits per heavy atom. The molecule has 2 rings (SSSR count). The maximum Gasteiger partial charge on any atom is 0.414 e. The summed E-state index contributed by atoms with van der Waals surface area (Å²) in [6, 6.07) is 2.56. The number of alkyl carbamates (subject to hydrolysis) is 1. The van der Waals surface area contributed by atoms with Crippen LogP contribution in [0.3, 0.4) is 0 Å². The van der Waals surface area contributed by atoms with E-state index in [2.05, 4.69) is 10.1 Å². The Morgan fingerprint density at radius 3 is 2.56 bits per heavy atom. The van der Waals surface area contributed by atoms with Gasteiger partial charge in [0, 0.05) is 18.6 Å². The third-order valence-corrected chi connectivity index (χ3v) is 3.33. The second-order valence-electron chi connectivity index (χ2n) is 5.19. The van der Waals surface area contributed by atoms with E-state index in [0.29, 0.717) is 6.07 Å². The van der Waals surface area contributed by atoms with Gasteiger partial charge in [-0.05, 0) is 26.0 Å². The lowest BCUT2D eigenvalue weighted by atomic mass is 9.91. The van der Waals surface area contributed by atoms with E-state index >= 15 is 0 Å². The predicted molar refractivity (Wildman–Crippen MR) is 78.8 cm³/mol. The molecule has 1 aromatic rings. The maximum absolute atomic E-state index is 14.1. The molecular formula is C16H15F2NO6. The first-order valence-corrected chi connectivity index (χ1v) is 7.24. The number of esters is 1. The Kier molecular flexibility index (Phi) is 5.05. The molecule has 0 saturated carbocycles. The number of hydrogen-bond acceptors (Lipinski definition) is 6. The minimum absolute atomic E-state index is 0.0415. The Balaban J connectivity index is 2.43. The summed E-state index contributed by atoms with van der Waals surface area (Å²) < 4.78 is 42.1. The van der Waals surface area contributed by atoms with Crippen LogP contribution in [0, 0.1) is 11.6 Å². The van der Waals surface area contributed by atoms with Gasteiger partial charge in [-0.3, -0.25) is 14.9 Å². The number of carbonyl (C=O) groups is 3. The number of amides is 1. The van der Waals surface area contributed by atoms with Gasteiger partial charge < -0.3 is 14.2 Å². The minimum Gasteiger partial charge on any atom is -0.456 e. The summed E-state index contributed by atoms with van der Waals surface area (Å²) in [6.45, 7) is 3.84. The summed E-state index contributed by atoms with van der Waals surface area (Å²) in [5.74, 6) is -4.74. The average Bonchev–Trinajstić information content (AvgIpc) is 2.72. The largest absolute Gasteiger partial charge is 0.456 e. The summed E-state index contributed by atoms with van der Waals surface area (Å²) in [7, 11) is 0. The van der Waals surface area contributed by atoms with Gasteiger partial charge in [-0.25, -0.2) is 13.6 Å².